The van der Waals surface area contributed by atoms with Crippen LogP contribution in [0, 0.1) is 5.92 Å². The van der Waals surface area contributed by atoms with Crippen LogP contribution in [0.25, 0.3) is 6.08 Å². The van der Waals surface area contributed by atoms with Crippen LogP contribution in [0.2, 0.25) is 0 Å². The number of ether oxygens (including phenoxy) is 1. The normalized spacial score (nSPS) is 19.6. The maximum Gasteiger partial charge on any atom is 0.263 e. The number of unbranched alkanes of at least 4 members (excludes halogenated alkanes) is 1. The Balaban J connectivity index is 0.816. The molecule has 2 aromatic carbocycles. The molecule has 0 aliphatic carbocycles. The number of rotatable bonds is 17. The lowest BCUT2D eigenvalue weighted by molar-refractivity contribution is -0.136. The number of anilines is 1. The maximum absolute atomic E-state index is 13.4. The Hall–Kier alpha value is -5.71. The van der Waals surface area contributed by atoms with E-state index in [1.807, 2.05) is 46.2 Å². The Morgan fingerprint density at radius 3 is 2.52 bits per heavy atom. The third-order valence-corrected chi connectivity index (χ3v) is 12.6. The molecule has 61 heavy (non-hydrogen) atoms. The summed E-state index contributed by atoms with van der Waals surface area (Å²) < 4.78 is 5.81. The van der Waals surface area contributed by atoms with Gasteiger partial charge in [0.1, 0.15) is 18.7 Å². The number of amides is 6. The van der Waals surface area contributed by atoms with Gasteiger partial charge >= 0.3 is 0 Å². The first-order valence-corrected chi connectivity index (χ1v) is 22.0. The van der Waals surface area contributed by atoms with Crippen LogP contribution in [-0.2, 0) is 23.9 Å². The molecular formula is C45H51N7O8S. The number of thioether (sulfide) groups is 1. The second-order valence-corrected chi connectivity index (χ2v) is 16.7. The average molecular weight is 850 g/mol. The molecule has 0 spiro atoms. The van der Waals surface area contributed by atoms with Gasteiger partial charge < -0.3 is 25.2 Å². The third-order valence-electron chi connectivity index (χ3n) is 11.6. The van der Waals surface area contributed by atoms with Crippen molar-refractivity contribution in [2.75, 3.05) is 63.1 Å². The summed E-state index contributed by atoms with van der Waals surface area (Å²) in [5, 5.41) is 8.45. The van der Waals surface area contributed by atoms with Crippen LogP contribution >= 0.6 is 11.8 Å². The van der Waals surface area contributed by atoms with Crippen LogP contribution in [0.1, 0.15) is 81.6 Å². The second-order valence-electron chi connectivity index (χ2n) is 15.6. The van der Waals surface area contributed by atoms with Crippen molar-refractivity contribution < 1.29 is 38.3 Å². The van der Waals surface area contributed by atoms with Crippen LogP contribution < -0.4 is 20.9 Å². The Labute approximate surface area is 359 Å². The first-order valence-electron chi connectivity index (χ1n) is 21.0. The highest BCUT2D eigenvalue weighted by molar-refractivity contribution is 7.99. The van der Waals surface area contributed by atoms with E-state index in [2.05, 4.69) is 20.9 Å². The molecule has 320 valence electrons. The number of aromatic nitrogens is 1. The van der Waals surface area contributed by atoms with E-state index in [4.69, 9.17) is 4.74 Å². The lowest BCUT2D eigenvalue weighted by Crippen LogP contribution is -2.56. The van der Waals surface area contributed by atoms with Gasteiger partial charge in [0.2, 0.25) is 17.7 Å². The van der Waals surface area contributed by atoms with Crippen molar-refractivity contribution in [2.45, 2.75) is 61.9 Å². The van der Waals surface area contributed by atoms with Gasteiger partial charge in [-0.15, -0.1) is 11.8 Å². The maximum atomic E-state index is 13.4. The molecule has 16 heteroatoms. The summed E-state index contributed by atoms with van der Waals surface area (Å²) in [6, 6.07) is 14.7. The SMILES string of the molecule is O=C(/C=C/c1cccnc1)NCCCCC1CCN(C(=O)c2ccc(N3CCNCC3C(=O)COCCSc3cccc4c3C(=O)N(C3CCC(=O)NC3=O)C4=O)cc2)CC1. The monoisotopic (exact) mass is 849 g/mol. The molecule has 5 heterocycles. The number of benzene rings is 2. The fourth-order valence-electron chi connectivity index (χ4n) is 8.26. The summed E-state index contributed by atoms with van der Waals surface area (Å²) in [6.45, 7) is 3.95. The van der Waals surface area contributed by atoms with Crippen LogP contribution in [0.5, 0.6) is 0 Å². The summed E-state index contributed by atoms with van der Waals surface area (Å²) in [6.07, 6.45) is 11.7. The van der Waals surface area contributed by atoms with E-state index in [9.17, 15) is 33.6 Å². The van der Waals surface area contributed by atoms with E-state index in [-0.39, 0.29) is 54.8 Å². The number of carbonyl (C=O) groups is 7. The smallest absolute Gasteiger partial charge is 0.263 e. The topological polar surface area (TPSA) is 187 Å². The highest BCUT2D eigenvalue weighted by Crippen LogP contribution is 2.34. The number of hydrogen-bond acceptors (Lipinski definition) is 12. The van der Waals surface area contributed by atoms with Gasteiger partial charge in [-0.25, -0.2) is 0 Å². The average Bonchev–Trinajstić information content (AvgIpc) is 3.54. The number of Topliss-reactive ketones (excluding diaryl/α,β-unsaturated/α-hetero) is 1. The van der Waals surface area contributed by atoms with Gasteiger partial charge in [-0.3, -0.25) is 48.8 Å². The minimum atomic E-state index is -1.04. The van der Waals surface area contributed by atoms with E-state index in [0.717, 1.165) is 48.3 Å². The Kier molecular flexibility index (Phi) is 14.7. The van der Waals surface area contributed by atoms with Crippen molar-refractivity contribution >= 4 is 64.8 Å². The standard InChI is InChI=1S/C45H51N7O8S/c53-37(29-60-25-26-61-38-8-3-7-34-41(38)45(59)52(44(34)58)35-14-16-40(55)49-42(35)56)36-28-47-21-24-51(36)33-12-10-32(11-13-33)43(57)50-22-17-30(18-23-50)5-1-2-20-48-39(54)15-9-31-6-4-19-46-27-31/h3-4,6-13,15,19,27,30,35-36,47H,1-2,5,14,16-18,20-26,28-29H2,(H,48,54)(H,49,55,56)/b15-9+. The fraction of sp³-hybridized carbons (Fsp3) is 0.422. The van der Waals surface area contributed by atoms with E-state index < -0.39 is 35.7 Å². The van der Waals surface area contributed by atoms with Gasteiger partial charge in [0.25, 0.3) is 17.7 Å². The Bertz CT molecular complexity index is 2140. The molecule has 4 aliphatic heterocycles. The molecule has 0 radical (unpaired) electrons. The molecule has 0 bridgehead atoms. The number of carbonyl (C=O) groups excluding carboxylic acids is 7. The zero-order chi connectivity index (χ0) is 42.7. The first-order chi connectivity index (χ1) is 29.7. The largest absolute Gasteiger partial charge is 0.373 e. The van der Waals surface area contributed by atoms with Crippen molar-refractivity contribution in [3.05, 3.63) is 95.3 Å². The summed E-state index contributed by atoms with van der Waals surface area (Å²) in [5.74, 6) is -1.43. The zero-order valence-corrected chi connectivity index (χ0v) is 34.8. The molecule has 3 N–H and O–H groups in total. The number of imide groups is 2. The first kappa shape index (κ1) is 43.4. The predicted molar refractivity (Wildman–Crippen MR) is 229 cm³/mol. The highest BCUT2D eigenvalue weighted by atomic mass is 32.2. The predicted octanol–water partition coefficient (Wildman–Crippen LogP) is 3.49. The minimum absolute atomic E-state index is 0.00863. The molecule has 6 amide bonds. The number of likely N-dealkylation sites (tertiary alicyclic amines) is 1. The molecule has 15 nitrogen and oxygen atoms in total. The summed E-state index contributed by atoms with van der Waals surface area (Å²) >= 11 is 1.33. The Morgan fingerprint density at radius 2 is 1.75 bits per heavy atom. The van der Waals surface area contributed by atoms with Crippen molar-refractivity contribution in [3.8, 4) is 0 Å². The van der Waals surface area contributed by atoms with Crippen molar-refractivity contribution in [2.24, 2.45) is 5.92 Å². The molecule has 1 aromatic heterocycles. The number of piperidine rings is 2. The lowest BCUT2D eigenvalue weighted by Gasteiger charge is -2.37. The number of piperazine rings is 1. The molecule has 7 rings (SSSR count). The third kappa shape index (κ3) is 10.8. The molecule has 3 fully saturated rings. The number of nitrogens with one attached hydrogen (secondary N) is 3. The van der Waals surface area contributed by atoms with Crippen LogP contribution in [0.4, 0.5) is 5.69 Å². The van der Waals surface area contributed by atoms with Gasteiger partial charge in [-0.2, -0.15) is 0 Å². The number of ketones is 1. The molecule has 2 atom stereocenters. The highest BCUT2D eigenvalue weighted by Gasteiger charge is 2.45. The van der Waals surface area contributed by atoms with Crippen LogP contribution in [0.3, 0.4) is 0 Å². The van der Waals surface area contributed by atoms with E-state index in [1.54, 1.807) is 36.7 Å². The van der Waals surface area contributed by atoms with E-state index >= 15 is 0 Å². The zero-order valence-electron chi connectivity index (χ0n) is 34.0. The quantitative estimate of drug-likeness (QED) is 0.0779. The second kappa shape index (κ2) is 20.7. The van der Waals surface area contributed by atoms with Gasteiger partial charge in [0, 0.05) is 86.1 Å². The fourth-order valence-corrected chi connectivity index (χ4v) is 9.20. The molecule has 3 aromatic rings. The molecule has 4 aliphatic rings. The van der Waals surface area contributed by atoms with E-state index in [0.29, 0.717) is 61.4 Å². The number of fused-ring (bicyclic) bond motifs is 1. The van der Waals surface area contributed by atoms with Crippen molar-refractivity contribution in [1.29, 1.82) is 0 Å². The molecule has 3 saturated heterocycles. The van der Waals surface area contributed by atoms with Gasteiger partial charge in [0.15, 0.2) is 5.78 Å². The molecule has 0 saturated carbocycles. The summed E-state index contributed by atoms with van der Waals surface area (Å²) in [5.41, 5.74) is 2.80. The summed E-state index contributed by atoms with van der Waals surface area (Å²) in [4.78, 5) is 99.2. The molecule has 2 unspecified atom stereocenters. The number of hydrogen-bond donors (Lipinski definition) is 3. The van der Waals surface area contributed by atoms with Crippen molar-refractivity contribution in [1.82, 2.24) is 30.7 Å². The van der Waals surface area contributed by atoms with Crippen LogP contribution in [0.15, 0.2) is 78.0 Å². The lowest BCUT2D eigenvalue weighted by atomic mass is 9.91. The van der Waals surface area contributed by atoms with Crippen molar-refractivity contribution in [3.63, 3.8) is 0 Å². The number of pyridine rings is 1. The number of nitrogens with zero attached hydrogens (tertiary/aromatic N) is 4. The van der Waals surface area contributed by atoms with Gasteiger partial charge in [-0.05, 0) is 85.7 Å². The molecular weight excluding hydrogens is 799 g/mol. The van der Waals surface area contributed by atoms with Crippen LogP contribution in [-0.4, -0.2) is 126 Å². The van der Waals surface area contributed by atoms with E-state index in [1.165, 1.54) is 17.8 Å². The minimum Gasteiger partial charge on any atom is -0.373 e. The Morgan fingerprint density at radius 1 is 0.934 bits per heavy atom. The van der Waals surface area contributed by atoms with Gasteiger partial charge in [-0.1, -0.05) is 25.0 Å². The van der Waals surface area contributed by atoms with Gasteiger partial charge in [0.05, 0.1) is 17.7 Å². The summed E-state index contributed by atoms with van der Waals surface area (Å²) in [7, 11) is 0.